The molecule has 4 heteroatoms. The van der Waals surface area contributed by atoms with E-state index in [0.29, 0.717) is 5.56 Å². The fraction of sp³-hybridized carbons (Fsp3) is 0.533. The van der Waals surface area contributed by atoms with E-state index in [0.717, 1.165) is 31.2 Å². The molecule has 1 aromatic rings. The number of carbonyl (C=O) groups is 1. The molecule has 19 heavy (non-hydrogen) atoms. The van der Waals surface area contributed by atoms with Gasteiger partial charge in [-0.2, -0.15) is 0 Å². The highest BCUT2D eigenvalue weighted by Gasteiger charge is 2.25. The summed E-state index contributed by atoms with van der Waals surface area (Å²) in [5.74, 6) is -0.288. The molecule has 0 aromatic heterocycles. The molecule has 3 N–H and O–H groups in total. The molecule has 0 radical (unpaired) electrons. The van der Waals surface area contributed by atoms with Crippen LogP contribution < -0.4 is 5.32 Å². The number of benzene rings is 1. The lowest BCUT2D eigenvalue weighted by molar-refractivity contribution is 0.0715. The minimum atomic E-state index is -0.481. The number of rotatable bonds is 2. The van der Waals surface area contributed by atoms with Crippen LogP contribution in [0.1, 0.15) is 47.2 Å². The maximum atomic E-state index is 12.2. The zero-order valence-corrected chi connectivity index (χ0v) is 11.4. The number of aromatic hydroxyl groups is 1. The van der Waals surface area contributed by atoms with Gasteiger partial charge in [-0.25, -0.2) is 0 Å². The van der Waals surface area contributed by atoms with Gasteiger partial charge < -0.3 is 15.5 Å². The summed E-state index contributed by atoms with van der Waals surface area (Å²) in [4.78, 5) is 12.2. The number of aryl methyl sites for hydroxylation is 2. The van der Waals surface area contributed by atoms with Crippen LogP contribution in [0.4, 0.5) is 0 Å². The van der Waals surface area contributed by atoms with Crippen LogP contribution in [-0.2, 0) is 0 Å². The molecule has 2 rings (SSSR count). The number of aliphatic hydroxyl groups excluding tert-OH is 1. The van der Waals surface area contributed by atoms with E-state index in [9.17, 15) is 15.0 Å². The molecular formula is C15H21NO3. The van der Waals surface area contributed by atoms with Crippen LogP contribution >= 0.6 is 0 Å². The predicted molar refractivity (Wildman–Crippen MR) is 73.3 cm³/mol. The summed E-state index contributed by atoms with van der Waals surface area (Å²) in [5, 5.41) is 22.7. The number of phenolic OH excluding ortho intramolecular Hbond substituents is 1. The first-order valence-corrected chi connectivity index (χ1v) is 6.78. The van der Waals surface area contributed by atoms with Gasteiger partial charge in [0.25, 0.3) is 5.91 Å². The normalized spacial score (nSPS) is 23.1. The van der Waals surface area contributed by atoms with E-state index < -0.39 is 6.10 Å². The summed E-state index contributed by atoms with van der Waals surface area (Å²) in [7, 11) is 0. The van der Waals surface area contributed by atoms with Crippen LogP contribution in [0.5, 0.6) is 5.75 Å². The second kappa shape index (κ2) is 5.61. The van der Waals surface area contributed by atoms with E-state index in [1.165, 1.54) is 0 Å². The number of amides is 1. The van der Waals surface area contributed by atoms with Gasteiger partial charge in [0.15, 0.2) is 0 Å². The lowest BCUT2D eigenvalue weighted by Crippen LogP contribution is -2.45. The van der Waals surface area contributed by atoms with Gasteiger partial charge in [-0.3, -0.25) is 4.79 Å². The van der Waals surface area contributed by atoms with Crippen LogP contribution in [0.15, 0.2) is 12.1 Å². The first kappa shape index (κ1) is 13.9. The molecule has 1 aliphatic rings. The van der Waals surface area contributed by atoms with Gasteiger partial charge in [-0.1, -0.05) is 18.9 Å². The van der Waals surface area contributed by atoms with Crippen LogP contribution in [0.3, 0.4) is 0 Å². The second-order valence-corrected chi connectivity index (χ2v) is 5.41. The monoisotopic (exact) mass is 263 g/mol. The standard InChI is InChI=1S/C15H21NO3/c1-9-7-10(2)14(18)11(8-9)15(19)16-12-5-3-4-6-13(12)17/h7-8,12-13,17-18H,3-6H2,1-2H3,(H,16,19). The Morgan fingerprint density at radius 1 is 1.26 bits per heavy atom. The Bertz CT molecular complexity index is 485. The fourth-order valence-corrected chi connectivity index (χ4v) is 2.66. The number of phenols is 1. The highest BCUT2D eigenvalue weighted by molar-refractivity contribution is 5.97. The summed E-state index contributed by atoms with van der Waals surface area (Å²) in [5.41, 5.74) is 1.91. The minimum absolute atomic E-state index is 0.0217. The highest BCUT2D eigenvalue weighted by atomic mass is 16.3. The van der Waals surface area contributed by atoms with Crippen molar-refractivity contribution in [2.24, 2.45) is 0 Å². The van der Waals surface area contributed by atoms with Crippen molar-refractivity contribution in [2.45, 2.75) is 51.7 Å². The summed E-state index contributed by atoms with van der Waals surface area (Å²) in [6.07, 6.45) is 3.05. The van der Waals surface area contributed by atoms with Crippen LogP contribution in [0.2, 0.25) is 0 Å². The number of hydrogen-bond acceptors (Lipinski definition) is 3. The molecule has 0 saturated heterocycles. The van der Waals surface area contributed by atoms with Gasteiger partial charge >= 0.3 is 0 Å². The Balaban J connectivity index is 2.15. The van der Waals surface area contributed by atoms with Gasteiger partial charge in [-0.05, 0) is 43.9 Å². The second-order valence-electron chi connectivity index (χ2n) is 5.41. The van der Waals surface area contributed by atoms with E-state index in [-0.39, 0.29) is 23.3 Å². The third-order valence-corrected chi connectivity index (χ3v) is 3.74. The maximum absolute atomic E-state index is 12.2. The smallest absolute Gasteiger partial charge is 0.255 e. The van der Waals surface area contributed by atoms with Crippen LogP contribution in [0.25, 0.3) is 0 Å². The first-order valence-electron chi connectivity index (χ1n) is 6.78. The van der Waals surface area contributed by atoms with Gasteiger partial charge in [0.1, 0.15) is 5.75 Å². The molecule has 1 amide bonds. The Morgan fingerprint density at radius 2 is 1.95 bits per heavy atom. The number of hydrogen-bond donors (Lipinski definition) is 3. The van der Waals surface area contributed by atoms with Crippen molar-refractivity contribution in [3.8, 4) is 5.75 Å². The first-order chi connectivity index (χ1) is 8.99. The van der Waals surface area contributed by atoms with Crippen molar-refractivity contribution in [3.63, 3.8) is 0 Å². The molecule has 1 aromatic carbocycles. The van der Waals surface area contributed by atoms with Crippen molar-refractivity contribution >= 4 is 5.91 Å². The van der Waals surface area contributed by atoms with E-state index in [4.69, 9.17) is 0 Å². The quantitative estimate of drug-likeness (QED) is 0.764. The SMILES string of the molecule is Cc1cc(C)c(O)c(C(=O)NC2CCCCC2O)c1. The van der Waals surface area contributed by atoms with Crippen molar-refractivity contribution in [2.75, 3.05) is 0 Å². The maximum Gasteiger partial charge on any atom is 0.255 e. The molecule has 4 nitrogen and oxygen atoms in total. The molecule has 2 unspecified atom stereocenters. The zero-order chi connectivity index (χ0) is 14.0. The van der Waals surface area contributed by atoms with E-state index in [2.05, 4.69) is 5.32 Å². The number of nitrogens with one attached hydrogen (secondary N) is 1. The van der Waals surface area contributed by atoms with E-state index in [1.54, 1.807) is 13.0 Å². The number of carbonyl (C=O) groups excluding carboxylic acids is 1. The molecule has 0 spiro atoms. The Labute approximate surface area is 113 Å². The number of aliphatic hydroxyl groups is 1. The molecule has 1 aliphatic carbocycles. The van der Waals surface area contributed by atoms with E-state index >= 15 is 0 Å². The fourth-order valence-electron chi connectivity index (χ4n) is 2.66. The molecule has 0 heterocycles. The van der Waals surface area contributed by atoms with Gasteiger partial charge in [0, 0.05) is 0 Å². The summed E-state index contributed by atoms with van der Waals surface area (Å²) in [6, 6.07) is 3.30. The van der Waals surface area contributed by atoms with Crippen molar-refractivity contribution in [1.82, 2.24) is 5.32 Å². The third-order valence-electron chi connectivity index (χ3n) is 3.74. The molecule has 104 valence electrons. The molecule has 0 bridgehead atoms. The predicted octanol–water partition coefficient (Wildman–Crippen LogP) is 2.04. The lowest BCUT2D eigenvalue weighted by Gasteiger charge is -2.28. The molecule has 0 aliphatic heterocycles. The van der Waals surface area contributed by atoms with Gasteiger partial charge in [0.05, 0.1) is 17.7 Å². The van der Waals surface area contributed by atoms with Gasteiger partial charge in [0.2, 0.25) is 0 Å². The largest absolute Gasteiger partial charge is 0.507 e. The van der Waals surface area contributed by atoms with Crippen molar-refractivity contribution in [1.29, 1.82) is 0 Å². The molecule has 2 atom stereocenters. The van der Waals surface area contributed by atoms with Crippen molar-refractivity contribution < 1.29 is 15.0 Å². The van der Waals surface area contributed by atoms with Gasteiger partial charge in [-0.15, -0.1) is 0 Å². The van der Waals surface area contributed by atoms with Crippen molar-refractivity contribution in [3.05, 3.63) is 28.8 Å². The zero-order valence-electron chi connectivity index (χ0n) is 11.4. The molecule has 1 fully saturated rings. The Morgan fingerprint density at radius 3 is 2.63 bits per heavy atom. The summed E-state index contributed by atoms with van der Waals surface area (Å²) < 4.78 is 0. The minimum Gasteiger partial charge on any atom is -0.507 e. The van der Waals surface area contributed by atoms with E-state index in [1.807, 2.05) is 13.0 Å². The highest BCUT2D eigenvalue weighted by Crippen LogP contribution is 2.25. The summed E-state index contributed by atoms with van der Waals surface area (Å²) in [6.45, 7) is 3.66. The van der Waals surface area contributed by atoms with Crippen LogP contribution in [-0.4, -0.2) is 28.3 Å². The Kier molecular flexibility index (Phi) is 4.10. The topological polar surface area (TPSA) is 69.6 Å². The third kappa shape index (κ3) is 3.07. The summed E-state index contributed by atoms with van der Waals surface area (Å²) >= 11 is 0. The molecule has 1 saturated carbocycles. The average Bonchev–Trinajstić information content (AvgIpc) is 2.36. The Hall–Kier alpha value is -1.55. The van der Waals surface area contributed by atoms with Crippen LogP contribution in [0, 0.1) is 13.8 Å². The molecular weight excluding hydrogens is 242 g/mol. The average molecular weight is 263 g/mol. The lowest BCUT2D eigenvalue weighted by atomic mass is 9.92.